The minimum absolute atomic E-state index is 0. The van der Waals surface area contributed by atoms with Gasteiger partial charge in [-0.1, -0.05) is 6.92 Å². The number of aliphatic hydroxyl groups excluding tert-OH is 2. The Morgan fingerprint density at radius 3 is 2.50 bits per heavy atom. The standard InChI is InChI=1S/C6H15NO2.ClH/c1-2-6(9)7-4-3-5-8;/h6-9H,2-5H2,1H3;1H. The van der Waals surface area contributed by atoms with E-state index in [4.69, 9.17) is 10.2 Å². The first-order chi connectivity index (χ1) is 4.31. The lowest BCUT2D eigenvalue weighted by Crippen LogP contribution is -2.29. The van der Waals surface area contributed by atoms with E-state index >= 15 is 0 Å². The summed E-state index contributed by atoms with van der Waals surface area (Å²) in [7, 11) is 0. The Bertz CT molecular complexity index is 63.7. The van der Waals surface area contributed by atoms with Crippen LogP contribution in [0.2, 0.25) is 0 Å². The highest BCUT2D eigenvalue weighted by molar-refractivity contribution is 5.85. The lowest BCUT2D eigenvalue weighted by Gasteiger charge is -2.08. The van der Waals surface area contributed by atoms with Gasteiger partial charge in [-0.15, -0.1) is 12.4 Å². The predicted octanol–water partition coefficient (Wildman–Crippen LogP) is 0.109. The molecule has 10 heavy (non-hydrogen) atoms. The van der Waals surface area contributed by atoms with Gasteiger partial charge in [-0.2, -0.15) is 0 Å². The van der Waals surface area contributed by atoms with Crippen molar-refractivity contribution in [2.24, 2.45) is 0 Å². The molecule has 0 aromatic heterocycles. The van der Waals surface area contributed by atoms with Crippen molar-refractivity contribution in [2.45, 2.75) is 26.0 Å². The van der Waals surface area contributed by atoms with Crippen LogP contribution in [0.5, 0.6) is 0 Å². The highest BCUT2D eigenvalue weighted by Gasteiger charge is 1.95. The molecule has 4 heteroatoms. The second kappa shape index (κ2) is 9.17. The molecule has 0 saturated carbocycles. The van der Waals surface area contributed by atoms with Crippen molar-refractivity contribution in [1.82, 2.24) is 5.32 Å². The van der Waals surface area contributed by atoms with Crippen LogP contribution in [-0.2, 0) is 0 Å². The van der Waals surface area contributed by atoms with Crippen molar-refractivity contribution in [1.29, 1.82) is 0 Å². The molecular weight excluding hydrogens is 154 g/mol. The number of nitrogens with one attached hydrogen (secondary N) is 1. The van der Waals surface area contributed by atoms with E-state index in [2.05, 4.69) is 5.32 Å². The smallest absolute Gasteiger partial charge is 0.104 e. The summed E-state index contributed by atoms with van der Waals surface area (Å²) in [5, 5.41) is 20.1. The summed E-state index contributed by atoms with van der Waals surface area (Å²) in [6, 6.07) is 0. The Hall–Kier alpha value is 0.170. The van der Waals surface area contributed by atoms with Crippen LogP contribution in [0.1, 0.15) is 19.8 Å². The molecule has 0 amide bonds. The van der Waals surface area contributed by atoms with Crippen LogP contribution in [0.15, 0.2) is 0 Å². The van der Waals surface area contributed by atoms with Crippen molar-refractivity contribution in [3.05, 3.63) is 0 Å². The summed E-state index contributed by atoms with van der Waals surface area (Å²) in [4.78, 5) is 0. The van der Waals surface area contributed by atoms with E-state index in [0.717, 1.165) is 0 Å². The summed E-state index contributed by atoms with van der Waals surface area (Å²) in [6.45, 7) is 2.77. The average Bonchev–Trinajstić information content (AvgIpc) is 1.89. The van der Waals surface area contributed by atoms with Crippen LogP contribution in [0.25, 0.3) is 0 Å². The summed E-state index contributed by atoms with van der Waals surface area (Å²) >= 11 is 0. The van der Waals surface area contributed by atoms with Crippen molar-refractivity contribution in [3.8, 4) is 0 Å². The third kappa shape index (κ3) is 8.17. The minimum atomic E-state index is -0.406. The molecule has 0 aromatic carbocycles. The van der Waals surface area contributed by atoms with Gasteiger partial charge in [0.05, 0.1) is 0 Å². The van der Waals surface area contributed by atoms with Gasteiger partial charge in [-0.3, -0.25) is 5.32 Å². The van der Waals surface area contributed by atoms with Gasteiger partial charge < -0.3 is 10.2 Å². The molecule has 3 nitrogen and oxygen atoms in total. The molecule has 0 spiro atoms. The molecule has 0 aliphatic heterocycles. The molecule has 1 unspecified atom stereocenters. The van der Waals surface area contributed by atoms with Gasteiger partial charge in [0.15, 0.2) is 0 Å². The first-order valence-electron chi connectivity index (χ1n) is 3.33. The molecule has 0 saturated heterocycles. The molecule has 0 bridgehead atoms. The number of rotatable bonds is 5. The van der Waals surface area contributed by atoms with Gasteiger partial charge in [-0.05, 0) is 19.4 Å². The van der Waals surface area contributed by atoms with Crippen LogP contribution < -0.4 is 5.32 Å². The summed E-state index contributed by atoms with van der Waals surface area (Å²) < 4.78 is 0. The van der Waals surface area contributed by atoms with Crippen molar-refractivity contribution in [2.75, 3.05) is 13.2 Å². The lowest BCUT2D eigenvalue weighted by molar-refractivity contribution is 0.130. The van der Waals surface area contributed by atoms with E-state index in [1.807, 2.05) is 6.92 Å². The van der Waals surface area contributed by atoms with E-state index in [0.29, 0.717) is 19.4 Å². The first-order valence-corrected chi connectivity index (χ1v) is 3.33. The third-order valence-electron chi connectivity index (χ3n) is 1.10. The van der Waals surface area contributed by atoms with Gasteiger partial charge in [0.25, 0.3) is 0 Å². The number of aliphatic hydroxyl groups is 2. The maximum Gasteiger partial charge on any atom is 0.104 e. The molecule has 0 rings (SSSR count). The first kappa shape index (κ1) is 12.8. The van der Waals surface area contributed by atoms with E-state index < -0.39 is 6.23 Å². The van der Waals surface area contributed by atoms with Crippen LogP contribution in [0.3, 0.4) is 0 Å². The molecule has 0 radical (unpaired) electrons. The molecule has 1 atom stereocenters. The fraction of sp³-hybridized carbons (Fsp3) is 1.00. The highest BCUT2D eigenvalue weighted by Crippen LogP contribution is 1.83. The van der Waals surface area contributed by atoms with Crippen LogP contribution in [0.4, 0.5) is 0 Å². The molecule has 0 fully saturated rings. The molecular formula is C6H16ClNO2. The SMILES string of the molecule is CCC(O)NCCCO.Cl. The van der Waals surface area contributed by atoms with Crippen LogP contribution >= 0.6 is 12.4 Å². The van der Waals surface area contributed by atoms with Gasteiger partial charge in [0.2, 0.25) is 0 Å². The van der Waals surface area contributed by atoms with Gasteiger partial charge in [0, 0.05) is 6.61 Å². The zero-order chi connectivity index (χ0) is 7.11. The summed E-state index contributed by atoms with van der Waals surface area (Å²) in [5.41, 5.74) is 0. The van der Waals surface area contributed by atoms with E-state index in [-0.39, 0.29) is 19.0 Å². The second-order valence-electron chi connectivity index (χ2n) is 1.96. The normalized spacial score (nSPS) is 12.3. The quantitative estimate of drug-likeness (QED) is 0.405. The number of hydrogen-bond acceptors (Lipinski definition) is 3. The van der Waals surface area contributed by atoms with Crippen LogP contribution in [-0.4, -0.2) is 29.6 Å². The van der Waals surface area contributed by atoms with Crippen molar-refractivity contribution in [3.63, 3.8) is 0 Å². The van der Waals surface area contributed by atoms with Gasteiger partial charge >= 0.3 is 0 Å². The Balaban J connectivity index is 0. The maximum absolute atomic E-state index is 8.89. The molecule has 64 valence electrons. The van der Waals surface area contributed by atoms with Gasteiger partial charge in [-0.25, -0.2) is 0 Å². The fourth-order valence-corrected chi connectivity index (χ4v) is 0.492. The summed E-state index contributed by atoms with van der Waals surface area (Å²) in [6.07, 6.45) is 1.01. The molecule has 0 aliphatic rings. The predicted molar refractivity (Wildman–Crippen MR) is 43.3 cm³/mol. The number of hydrogen-bond donors (Lipinski definition) is 3. The average molecular weight is 170 g/mol. The van der Waals surface area contributed by atoms with Crippen LogP contribution in [0, 0.1) is 0 Å². The second-order valence-corrected chi connectivity index (χ2v) is 1.96. The largest absolute Gasteiger partial charge is 0.396 e. The van der Waals surface area contributed by atoms with E-state index in [9.17, 15) is 0 Å². The summed E-state index contributed by atoms with van der Waals surface area (Å²) in [5.74, 6) is 0. The Labute approximate surface area is 67.9 Å². The molecule has 0 aliphatic carbocycles. The maximum atomic E-state index is 8.89. The molecule has 3 N–H and O–H groups in total. The molecule has 0 aromatic rings. The van der Waals surface area contributed by atoms with E-state index in [1.165, 1.54) is 0 Å². The Kier molecular flexibility index (Phi) is 11.7. The fourth-order valence-electron chi connectivity index (χ4n) is 0.492. The van der Waals surface area contributed by atoms with Crippen molar-refractivity contribution < 1.29 is 10.2 Å². The monoisotopic (exact) mass is 169 g/mol. The zero-order valence-corrected chi connectivity index (χ0v) is 7.02. The molecule has 0 heterocycles. The third-order valence-corrected chi connectivity index (χ3v) is 1.10. The van der Waals surface area contributed by atoms with Crippen molar-refractivity contribution >= 4 is 12.4 Å². The van der Waals surface area contributed by atoms with E-state index in [1.54, 1.807) is 0 Å². The minimum Gasteiger partial charge on any atom is -0.396 e. The Morgan fingerprint density at radius 2 is 2.10 bits per heavy atom. The zero-order valence-electron chi connectivity index (χ0n) is 6.21. The highest BCUT2D eigenvalue weighted by atomic mass is 35.5. The van der Waals surface area contributed by atoms with Gasteiger partial charge in [0.1, 0.15) is 6.23 Å². The lowest BCUT2D eigenvalue weighted by atomic mass is 10.4. The Morgan fingerprint density at radius 1 is 1.50 bits per heavy atom. The number of halogens is 1. The topological polar surface area (TPSA) is 52.5 Å².